The van der Waals surface area contributed by atoms with E-state index in [4.69, 9.17) is 11.5 Å². The molecule has 0 amide bonds. The lowest BCUT2D eigenvalue weighted by atomic mass is 10.3. The number of rotatable bonds is 7. The van der Waals surface area contributed by atoms with E-state index in [0.717, 1.165) is 39.0 Å². The van der Waals surface area contributed by atoms with E-state index in [2.05, 4.69) is 5.32 Å². The Hall–Kier alpha value is -0.120. The van der Waals surface area contributed by atoms with E-state index in [1.807, 2.05) is 0 Å². The molecule has 3 heteroatoms. The van der Waals surface area contributed by atoms with Crippen LogP contribution >= 0.6 is 0 Å². The van der Waals surface area contributed by atoms with Crippen LogP contribution in [0, 0.1) is 0 Å². The van der Waals surface area contributed by atoms with Crippen molar-refractivity contribution < 1.29 is 0 Å². The van der Waals surface area contributed by atoms with Crippen molar-refractivity contribution in [2.45, 2.75) is 19.3 Å². The minimum Gasteiger partial charge on any atom is -0.330 e. The van der Waals surface area contributed by atoms with Gasteiger partial charge in [-0.3, -0.25) is 0 Å². The van der Waals surface area contributed by atoms with Gasteiger partial charge in [0.25, 0.3) is 0 Å². The van der Waals surface area contributed by atoms with Crippen molar-refractivity contribution in [3.63, 3.8) is 0 Å². The molecule has 0 aromatic rings. The molecule has 0 aromatic carbocycles. The predicted molar refractivity (Wildman–Crippen MR) is 44.8 cm³/mol. The number of hydrogen-bond donors (Lipinski definition) is 3. The molecule has 0 unspecified atom stereocenters. The van der Waals surface area contributed by atoms with Gasteiger partial charge in [-0.15, -0.1) is 0 Å². The second kappa shape index (κ2) is 8.88. The van der Waals surface area contributed by atoms with Gasteiger partial charge in [-0.1, -0.05) is 0 Å². The first-order valence-electron chi connectivity index (χ1n) is 4.02. The fraction of sp³-hybridized carbons (Fsp3) is 1.00. The molecule has 0 saturated carbocycles. The highest BCUT2D eigenvalue weighted by atomic mass is 15.3. The second-order valence-electron chi connectivity index (χ2n) is 2.39. The Bertz CT molecular complexity index is 48.8. The third-order valence-corrected chi connectivity index (χ3v) is 1.37. The summed E-state index contributed by atoms with van der Waals surface area (Å²) in [6, 6.07) is 0. The smallest absolute Gasteiger partial charge is 0.00369 e. The summed E-state index contributed by atoms with van der Waals surface area (Å²) in [5.74, 6) is 0. The Morgan fingerprint density at radius 2 is 1.40 bits per heavy atom. The highest BCUT2D eigenvalue weighted by molar-refractivity contribution is 4.49. The first-order valence-corrected chi connectivity index (χ1v) is 4.02. The summed E-state index contributed by atoms with van der Waals surface area (Å²) >= 11 is 0. The molecule has 3 nitrogen and oxygen atoms in total. The molecule has 5 N–H and O–H groups in total. The van der Waals surface area contributed by atoms with E-state index < -0.39 is 0 Å². The van der Waals surface area contributed by atoms with Gasteiger partial charge < -0.3 is 16.8 Å². The monoisotopic (exact) mass is 147 g/mol. The lowest BCUT2D eigenvalue weighted by Gasteiger charge is -2.01. The van der Waals surface area contributed by atoms with Gasteiger partial charge in [0.2, 0.25) is 0 Å². The SMILES string of the molecule is NCCCCN[13CH2]CC[15NH2]. The Kier molecular flexibility index (Phi) is 8.77. The van der Waals surface area contributed by atoms with Crippen LogP contribution in [0.3, 0.4) is 0 Å². The molecule has 0 heterocycles. The minimum absolute atomic E-state index is 0.782. The van der Waals surface area contributed by atoms with E-state index >= 15 is 0 Å². The highest BCUT2D eigenvalue weighted by Gasteiger charge is 1.85. The molecule has 0 spiro atoms. The maximum Gasteiger partial charge on any atom is -0.00369 e. The van der Waals surface area contributed by atoms with Crippen molar-refractivity contribution in [1.82, 2.24) is 5.32 Å². The van der Waals surface area contributed by atoms with Crippen molar-refractivity contribution >= 4 is 0 Å². The summed E-state index contributed by atoms with van der Waals surface area (Å²) in [5.41, 5.74) is 10.6. The minimum atomic E-state index is 0.782. The summed E-state index contributed by atoms with van der Waals surface area (Å²) in [5, 5.41) is 3.29. The molecule has 0 radical (unpaired) electrons. The van der Waals surface area contributed by atoms with E-state index in [1.54, 1.807) is 0 Å². The molecule has 0 bridgehead atoms. The normalized spacial score (nSPS) is 10.2. The number of nitrogens with one attached hydrogen (secondary N) is 1. The summed E-state index contributed by atoms with van der Waals surface area (Å²) < 4.78 is 0. The molecule has 10 heavy (non-hydrogen) atoms. The van der Waals surface area contributed by atoms with Crippen molar-refractivity contribution in [3.8, 4) is 0 Å². The molecule has 0 saturated heterocycles. The first kappa shape index (κ1) is 9.88. The molecule has 0 atom stereocenters. The van der Waals surface area contributed by atoms with Crippen LogP contribution in [-0.2, 0) is 0 Å². The molecule has 0 aliphatic carbocycles. The summed E-state index contributed by atoms with van der Waals surface area (Å²) in [7, 11) is 0. The molecular weight excluding hydrogens is 128 g/mol. The van der Waals surface area contributed by atoms with Crippen LogP contribution in [0.25, 0.3) is 0 Å². The van der Waals surface area contributed by atoms with E-state index in [-0.39, 0.29) is 0 Å². The molecule has 0 fully saturated rings. The fourth-order valence-corrected chi connectivity index (χ4v) is 0.746. The van der Waals surface area contributed by atoms with Gasteiger partial charge in [0, 0.05) is 0 Å². The summed E-state index contributed by atoms with van der Waals surface area (Å²) in [6.45, 7) is 3.71. The van der Waals surface area contributed by atoms with Crippen molar-refractivity contribution in [1.29, 1.82) is 0 Å². The van der Waals surface area contributed by atoms with Gasteiger partial charge in [-0.05, 0) is 45.4 Å². The molecule has 62 valence electrons. The number of unbranched alkanes of at least 4 members (excludes halogenated alkanes) is 1. The van der Waals surface area contributed by atoms with Gasteiger partial charge in [0.1, 0.15) is 0 Å². The van der Waals surface area contributed by atoms with Crippen LogP contribution in [0.2, 0.25) is 0 Å². The van der Waals surface area contributed by atoms with Crippen molar-refractivity contribution in [2.24, 2.45) is 11.5 Å². The van der Waals surface area contributed by atoms with Crippen LogP contribution in [0.5, 0.6) is 0 Å². The van der Waals surface area contributed by atoms with Crippen LogP contribution in [0.4, 0.5) is 0 Å². The average molecular weight is 147 g/mol. The predicted octanol–water partition coefficient (Wildman–Crippen LogP) is -0.336. The van der Waals surface area contributed by atoms with Gasteiger partial charge in [0.15, 0.2) is 0 Å². The van der Waals surface area contributed by atoms with E-state index in [1.165, 1.54) is 6.42 Å². The maximum atomic E-state index is 5.32. The van der Waals surface area contributed by atoms with Crippen molar-refractivity contribution in [2.75, 3.05) is 26.2 Å². The molecule has 0 aromatic heterocycles. The lowest BCUT2D eigenvalue weighted by Crippen LogP contribution is -2.19. The second-order valence-corrected chi connectivity index (χ2v) is 2.39. The average Bonchev–Trinajstić information content (AvgIpc) is 1.97. The number of hydrogen-bond acceptors (Lipinski definition) is 3. The molecule has 0 rings (SSSR count). The Morgan fingerprint density at radius 3 is 2.00 bits per heavy atom. The van der Waals surface area contributed by atoms with Gasteiger partial charge >= 0.3 is 0 Å². The third-order valence-electron chi connectivity index (χ3n) is 1.37. The summed E-state index contributed by atoms with van der Waals surface area (Å²) in [6.07, 6.45) is 3.37. The molecule has 0 aliphatic rings. The standard InChI is InChI=1S/C7H19N3/c8-4-1-2-6-10-7-3-5-9/h10H,1-9H2/i7+1,9+1. The van der Waals surface area contributed by atoms with Crippen LogP contribution in [0.15, 0.2) is 0 Å². The molecular formula is C7H19N3. The van der Waals surface area contributed by atoms with Crippen LogP contribution < -0.4 is 16.8 Å². The van der Waals surface area contributed by atoms with Crippen LogP contribution in [-0.4, -0.2) is 26.2 Å². The van der Waals surface area contributed by atoms with Gasteiger partial charge in [-0.2, -0.15) is 0 Å². The lowest BCUT2D eigenvalue weighted by molar-refractivity contribution is 0.611. The maximum absolute atomic E-state index is 5.32. The van der Waals surface area contributed by atoms with E-state index in [0.29, 0.717) is 0 Å². The highest BCUT2D eigenvalue weighted by Crippen LogP contribution is 1.81. The van der Waals surface area contributed by atoms with Crippen molar-refractivity contribution in [3.05, 3.63) is 0 Å². The third kappa shape index (κ3) is 7.88. The topological polar surface area (TPSA) is 64.1 Å². The number of nitrogens with two attached hydrogens (primary N) is 2. The van der Waals surface area contributed by atoms with Crippen LogP contribution in [0.1, 0.15) is 19.3 Å². The zero-order valence-electron chi connectivity index (χ0n) is 6.60. The Balaban J connectivity index is 2.65. The van der Waals surface area contributed by atoms with Gasteiger partial charge in [-0.25, -0.2) is 0 Å². The fourth-order valence-electron chi connectivity index (χ4n) is 0.746. The Labute approximate surface area is 63.2 Å². The Morgan fingerprint density at radius 1 is 0.800 bits per heavy atom. The molecule has 0 aliphatic heterocycles. The quantitative estimate of drug-likeness (QED) is 0.262. The summed E-state index contributed by atoms with van der Waals surface area (Å²) in [4.78, 5) is 0. The van der Waals surface area contributed by atoms with E-state index in [9.17, 15) is 0 Å². The first-order chi connectivity index (χ1) is 4.91. The zero-order chi connectivity index (χ0) is 7.66. The largest absolute Gasteiger partial charge is 0.330 e. The zero-order valence-corrected chi connectivity index (χ0v) is 6.60. The van der Waals surface area contributed by atoms with Gasteiger partial charge in [0.05, 0.1) is 0 Å².